The lowest BCUT2D eigenvalue weighted by Gasteiger charge is -2.28. The number of halogens is 3. The molecule has 0 aromatic heterocycles. The van der Waals surface area contributed by atoms with Gasteiger partial charge in [-0.3, -0.25) is 9.59 Å². The summed E-state index contributed by atoms with van der Waals surface area (Å²) < 4.78 is 36.4. The number of nitrogens with zero attached hydrogens (tertiary/aromatic N) is 2. The molecular formula is C13H19F3N2O2. The van der Waals surface area contributed by atoms with E-state index in [0.717, 1.165) is 12.6 Å². The highest BCUT2D eigenvalue weighted by Crippen LogP contribution is 2.21. The Hall–Kier alpha value is -1.53. The molecule has 0 unspecified atom stereocenters. The standard InChI is InChI=1S/C13H19F3N2O2/c1-3-17(4-2)12(20)10-6-5-8-18(10)9-7-11(19)13(14,15)16/h7,9-10H,3-6,8H2,1-2H3/b9-7+/t10-/m0/s1. The largest absolute Gasteiger partial charge is 0.454 e. The lowest BCUT2D eigenvalue weighted by molar-refractivity contribution is -0.165. The normalized spacial score (nSPS) is 19.6. The molecule has 0 N–H and O–H groups in total. The summed E-state index contributed by atoms with van der Waals surface area (Å²) in [5.74, 6) is -2.00. The molecule has 0 aromatic rings. The second kappa shape index (κ2) is 6.76. The molecule has 1 aliphatic heterocycles. The summed E-state index contributed by atoms with van der Waals surface area (Å²) in [6.07, 6.45) is -1.96. The van der Waals surface area contributed by atoms with Crippen LogP contribution in [0.3, 0.4) is 0 Å². The molecule has 1 rings (SSSR count). The zero-order valence-corrected chi connectivity index (χ0v) is 11.6. The lowest BCUT2D eigenvalue weighted by Crippen LogP contribution is -2.43. The third-order valence-electron chi connectivity index (χ3n) is 3.35. The van der Waals surface area contributed by atoms with Gasteiger partial charge >= 0.3 is 6.18 Å². The lowest BCUT2D eigenvalue weighted by atomic mass is 10.2. The molecule has 1 fully saturated rings. The number of rotatable bonds is 5. The van der Waals surface area contributed by atoms with Crippen LogP contribution in [0.2, 0.25) is 0 Å². The summed E-state index contributed by atoms with van der Waals surface area (Å²) in [5.41, 5.74) is 0. The Morgan fingerprint density at radius 1 is 1.30 bits per heavy atom. The van der Waals surface area contributed by atoms with Gasteiger partial charge in [0, 0.05) is 31.9 Å². The Bertz CT molecular complexity index is 390. The van der Waals surface area contributed by atoms with E-state index in [2.05, 4.69) is 0 Å². The molecule has 0 saturated carbocycles. The summed E-state index contributed by atoms with van der Waals surface area (Å²) in [7, 11) is 0. The second-order valence-electron chi connectivity index (χ2n) is 4.58. The number of hydrogen-bond donors (Lipinski definition) is 0. The number of likely N-dealkylation sites (tertiary alicyclic amines) is 1. The molecule has 114 valence electrons. The third-order valence-corrected chi connectivity index (χ3v) is 3.35. The van der Waals surface area contributed by atoms with Crippen molar-refractivity contribution in [3.05, 3.63) is 12.3 Å². The van der Waals surface area contributed by atoms with Gasteiger partial charge in [-0.25, -0.2) is 0 Å². The Labute approximate surface area is 116 Å². The Morgan fingerprint density at radius 2 is 1.90 bits per heavy atom. The van der Waals surface area contributed by atoms with E-state index >= 15 is 0 Å². The predicted molar refractivity (Wildman–Crippen MR) is 67.9 cm³/mol. The maximum absolute atomic E-state index is 12.2. The highest BCUT2D eigenvalue weighted by molar-refractivity contribution is 5.94. The highest BCUT2D eigenvalue weighted by atomic mass is 19.4. The molecular weight excluding hydrogens is 273 g/mol. The number of allylic oxidation sites excluding steroid dienone is 1. The fourth-order valence-corrected chi connectivity index (χ4v) is 2.24. The van der Waals surface area contributed by atoms with Gasteiger partial charge in [-0.1, -0.05) is 0 Å². The van der Waals surface area contributed by atoms with E-state index in [0.29, 0.717) is 32.1 Å². The van der Waals surface area contributed by atoms with Crippen LogP contribution in [-0.4, -0.2) is 53.3 Å². The quantitative estimate of drug-likeness (QED) is 0.727. The number of ketones is 1. The number of amides is 1. The number of likely N-dealkylation sites (N-methyl/N-ethyl adjacent to an activating group) is 1. The molecule has 0 spiro atoms. The van der Waals surface area contributed by atoms with Crippen molar-refractivity contribution in [3.63, 3.8) is 0 Å². The van der Waals surface area contributed by atoms with Crippen molar-refractivity contribution in [1.29, 1.82) is 0 Å². The minimum absolute atomic E-state index is 0.100. The van der Waals surface area contributed by atoms with Gasteiger partial charge in [0.05, 0.1) is 0 Å². The summed E-state index contributed by atoms with van der Waals surface area (Å²) in [4.78, 5) is 26.2. The van der Waals surface area contributed by atoms with Crippen molar-refractivity contribution < 1.29 is 22.8 Å². The van der Waals surface area contributed by atoms with Gasteiger partial charge in [0.25, 0.3) is 5.78 Å². The maximum Gasteiger partial charge on any atom is 0.454 e. The molecule has 1 atom stereocenters. The molecule has 1 heterocycles. The Morgan fingerprint density at radius 3 is 2.40 bits per heavy atom. The van der Waals surface area contributed by atoms with Crippen LogP contribution in [0.4, 0.5) is 13.2 Å². The van der Waals surface area contributed by atoms with Crippen molar-refractivity contribution in [1.82, 2.24) is 9.80 Å². The van der Waals surface area contributed by atoms with Gasteiger partial charge in [0.15, 0.2) is 0 Å². The van der Waals surface area contributed by atoms with Gasteiger partial charge in [-0.05, 0) is 26.7 Å². The topological polar surface area (TPSA) is 40.6 Å². The van der Waals surface area contributed by atoms with E-state index in [-0.39, 0.29) is 5.91 Å². The molecule has 0 aromatic carbocycles. The van der Waals surface area contributed by atoms with E-state index in [1.54, 1.807) is 4.90 Å². The minimum Gasteiger partial charge on any atom is -0.365 e. The van der Waals surface area contributed by atoms with Gasteiger partial charge in [-0.15, -0.1) is 0 Å². The van der Waals surface area contributed by atoms with Crippen LogP contribution in [0.15, 0.2) is 12.3 Å². The number of carbonyl (C=O) groups is 2. The Balaban J connectivity index is 2.73. The summed E-state index contributed by atoms with van der Waals surface area (Å²) >= 11 is 0. The molecule has 4 nitrogen and oxygen atoms in total. The summed E-state index contributed by atoms with van der Waals surface area (Å²) in [6.45, 7) is 5.31. The average molecular weight is 292 g/mol. The highest BCUT2D eigenvalue weighted by Gasteiger charge is 2.37. The SMILES string of the molecule is CCN(CC)C(=O)[C@@H]1CCCN1/C=C/C(=O)C(F)(F)F. The zero-order chi connectivity index (χ0) is 15.3. The van der Waals surface area contributed by atoms with Crippen molar-refractivity contribution in [2.45, 2.75) is 38.9 Å². The van der Waals surface area contributed by atoms with E-state index < -0.39 is 18.0 Å². The van der Waals surface area contributed by atoms with Crippen molar-refractivity contribution in [3.8, 4) is 0 Å². The fourth-order valence-electron chi connectivity index (χ4n) is 2.24. The number of hydrogen-bond acceptors (Lipinski definition) is 3. The summed E-state index contributed by atoms with van der Waals surface area (Å²) in [6, 6.07) is -0.466. The van der Waals surface area contributed by atoms with Gasteiger partial charge in [0.2, 0.25) is 5.91 Å². The van der Waals surface area contributed by atoms with Crippen LogP contribution >= 0.6 is 0 Å². The molecule has 0 radical (unpaired) electrons. The van der Waals surface area contributed by atoms with Crippen LogP contribution in [0.25, 0.3) is 0 Å². The van der Waals surface area contributed by atoms with Gasteiger partial charge in [0.1, 0.15) is 6.04 Å². The first-order chi connectivity index (χ1) is 9.31. The first-order valence-electron chi connectivity index (χ1n) is 6.65. The van der Waals surface area contributed by atoms with E-state index in [1.807, 2.05) is 13.8 Å². The monoisotopic (exact) mass is 292 g/mol. The summed E-state index contributed by atoms with van der Waals surface area (Å²) in [5, 5.41) is 0. The third kappa shape index (κ3) is 3.98. The fraction of sp³-hybridized carbons (Fsp3) is 0.692. The van der Waals surface area contributed by atoms with Crippen LogP contribution < -0.4 is 0 Å². The van der Waals surface area contributed by atoms with Gasteiger partial charge in [-0.2, -0.15) is 13.2 Å². The Kier molecular flexibility index (Phi) is 5.59. The van der Waals surface area contributed by atoms with Crippen molar-refractivity contribution >= 4 is 11.7 Å². The van der Waals surface area contributed by atoms with Crippen molar-refractivity contribution in [2.24, 2.45) is 0 Å². The minimum atomic E-state index is -4.87. The molecule has 1 saturated heterocycles. The molecule has 20 heavy (non-hydrogen) atoms. The van der Waals surface area contributed by atoms with Crippen LogP contribution in [0.1, 0.15) is 26.7 Å². The first-order valence-corrected chi connectivity index (χ1v) is 6.65. The molecule has 7 heteroatoms. The van der Waals surface area contributed by atoms with E-state index in [4.69, 9.17) is 0 Å². The number of carbonyl (C=O) groups excluding carboxylic acids is 2. The van der Waals surface area contributed by atoms with Gasteiger partial charge < -0.3 is 9.80 Å². The van der Waals surface area contributed by atoms with Crippen LogP contribution in [-0.2, 0) is 9.59 Å². The zero-order valence-electron chi connectivity index (χ0n) is 11.6. The molecule has 1 amide bonds. The molecule has 1 aliphatic rings. The van der Waals surface area contributed by atoms with Crippen LogP contribution in [0, 0.1) is 0 Å². The first kappa shape index (κ1) is 16.5. The molecule has 0 aliphatic carbocycles. The van der Waals surface area contributed by atoms with E-state index in [9.17, 15) is 22.8 Å². The van der Waals surface area contributed by atoms with Crippen molar-refractivity contribution in [2.75, 3.05) is 19.6 Å². The average Bonchev–Trinajstić information content (AvgIpc) is 2.84. The maximum atomic E-state index is 12.2. The second-order valence-corrected chi connectivity index (χ2v) is 4.58. The molecule has 0 bridgehead atoms. The van der Waals surface area contributed by atoms with Crippen LogP contribution in [0.5, 0.6) is 0 Å². The predicted octanol–water partition coefficient (Wildman–Crippen LogP) is 1.96. The number of alkyl halides is 3. The smallest absolute Gasteiger partial charge is 0.365 e. The van der Waals surface area contributed by atoms with E-state index in [1.165, 1.54) is 4.90 Å².